The standard InChI is InChI=1S/C27H35FN4O3/c1-3-31-27(15-14-17-12-13-17,18-8-5-4-6-9-18)20-11-7-10-19(23(20)28)24-22(35-2)16-21(25(29)33)32(24)26(30)34/h4-11,17,21-22,24,31H,3,12-16H2,1-2H3,(H2,29,33)(H2,30,34). The van der Waals surface area contributed by atoms with Gasteiger partial charge in [-0.2, -0.15) is 0 Å². The Hall–Kier alpha value is -2.97. The number of halogens is 1. The largest absolute Gasteiger partial charge is 0.379 e. The summed E-state index contributed by atoms with van der Waals surface area (Å²) in [5.74, 6) is -0.463. The highest BCUT2D eigenvalue weighted by molar-refractivity contribution is 5.86. The van der Waals surface area contributed by atoms with E-state index in [1.165, 1.54) is 24.9 Å². The van der Waals surface area contributed by atoms with Gasteiger partial charge < -0.3 is 26.4 Å². The Balaban J connectivity index is 1.86. The third kappa shape index (κ3) is 4.77. The Kier molecular flexibility index (Phi) is 7.42. The van der Waals surface area contributed by atoms with Crippen LogP contribution in [0.4, 0.5) is 9.18 Å². The molecule has 2 aliphatic rings. The topological polar surface area (TPSA) is 111 Å². The van der Waals surface area contributed by atoms with E-state index < -0.39 is 41.5 Å². The Morgan fingerprint density at radius 1 is 1.14 bits per heavy atom. The van der Waals surface area contributed by atoms with E-state index in [-0.39, 0.29) is 12.0 Å². The molecule has 8 heteroatoms. The van der Waals surface area contributed by atoms with E-state index in [0.717, 1.165) is 18.4 Å². The molecule has 4 unspecified atom stereocenters. The van der Waals surface area contributed by atoms with Gasteiger partial charge >= 0.3 is 6.03 Å². The SMILES string of the molecule is CCNC(CCC1CC1)(c1ccccc1)c1cccc(C2C(OC)CC(C(N)=O)N2C(N)=O)c1F. The first-order valence-corrected chi connectivity index (χ1v) is 12.3. The second-order valence-electron chi connectivity index (χ2n) is 9.61. The molecule has 188 valence electrons. The second kappa shape index (κ2) is 10.3. The molecule has 1 aliphatic carbocycles. The lowest BCUT2D eigenvalue weighted by Gasteiger charge is -2.38. The first kappa shape index (κ1) is 25.1. The lowest BCUT2D eigenvalue weighted by atomic mass is 9.77. The molecule has 2 aromatic carbocycles. The van der Waals surface area contributed by atoms with Crippen LogP contribution in [0, 0.1) is 11.7 Å². The number of nitrogens with zero attached hydrogens (tertiary/aromatic N) is 1. The molecule has 5 N–H and O–H groups in total. The minimum atomic E-state index is -0.965. The molecule has 7 nitrogen and oxygen atoms in total. The number of ether oxygens (including phenoxy) is 1. The molecule has 0 spiro atoms. The zero-order valence-corrected chi connectivity index (χ0v) is 20.4. The van der Waals surface area contributed by atoms with E-state index in [1.807, 2.05) is 37.3 Å². The maximum absolute atomic E-state index is 16.7. The average molecular weight is 483 g/mol. The molecule has 0 aromatic heterocycles. The number of carbonyl (C=O) groups is 2. The van der Waals surface area contributed by atoms with Gasteiger partial charge in [-0.25, -0.2) is 9.18 Å². The number of hydrogen-bond acceptors (Lipinski definition) is 4. The zero-order valence-electron chi connectivity index (χ0n) is 20.4. The van der Waals surface area contributed by atoms with Crippen LogP contribution in [-0.2, 0) is 15.1 Å². The minimum absolute atomic E-state index is 0.155. The number of rotatable bonds is 10. The van der Waals surface area contributed by atoms with Crippen molar-refractivity contribution in [3.05, 3.63) is 71.0 Å². The highest BCUT2D eigenvalue weighted by Crippen LogP contribution is 2.45. The summed E-state index contributed by atoms with van der Waals surface area (Å²) < 4.78 is 22.3. The summed E-state index contributed by atoms with van der Waals surface area (Å²) in [6.45, 7) is 2.66. The maximum Gasteiger partial charge on any atom is 0.316 e. The highest BCUT2D eigenvalue weighted by Gasteiger charge is 2.49. The van der Waals surface area contributed by atoms with Crippen molar-refractivity contribution in [2.45, 2.75) is 62.8 Å². The van der Waals surface area contributed by atoms with E-state index >= 15 is 4.39 Å². The smallest absolute Gasteiger partial charge is 0.316 e. The first-order chi connectivity index (χ1) is 16.8. The summed E-state index contributed by atoms with van der Waals surface area (Å²) in [6.07, 6.45) is 3.66. The van der Waals surface area contributed by atoms with Crippen molar-refractivity contribution in [3.8, 4) is 0 Å². The number of amides is 3. The van der Waals surface area contributed by atoms with Crippen molar-refractivity contribution in [1.29, 1.82) is 0 Å². The molecule has 3 amide bonds. The van der Waals surface area contributed by atoms with Crippen LogP contribution in [0.1, 0.15) is 61.8 Å². The third-order valence-corrected chi connectivity index (χ3v) is 7.51. The fourth-order valence-electron chi connectivity index (χ4n) is 5.63. The summed E-state index contributed by atoms with van der Waals surface area (Å²) in [4.78, 5) is 25.7. The molecule has 1 heterocycles. The molecule has 1 saturated carbocycles. The van der Waals surface area contributed by atoms with E-state index in [4.69, 9.17) is 16.2 Å². The summed E-state index contributed by atoms with van der Waals surface area (Å²) in [6, 6.07) is 12.5. The van der Waals surface area contributed by atoms with Gasteiger partial charge in [-0.15, -0.1) is 0 Å². The number of nitrogens with one attached hydrogen (secondary N) is 1. The molecule has 4 atom stereocenters. The minimum Gasteiger partial charge on any atom is -0.379 e. The normalized spacial score (nSPS) is 23.7. The molecule has 4 rings (SSSR count). The monoisotopic (exact) mass is 482 g/mol. The molecule has 1 saturated heterocycles. The Morgan fingerprint density at radius 3 is 2.43 bits per heavy atom. The van der Waals surface area contributed by atoms with Gasteiger partial charge in [-0.3, -0.25) is 4.79 Å². The van der Waals surface area contributed by atoms with Gasteiger partial charge in [-0.1, -0.05) is 68.3 Å². The summed E-state index contributed by atoms with van der Waals surface area (Å²) in [7, 11) is 1.48. The average Bonchev–Trinajstić information content (AvgIpc) is 3.60. The van der Waals surface area contributed by atoms with E-state index in [9.17, 15) is 9.59 Å². The zero-order chi connectivity index (χ0) is 25.2. The highest BCUT2D eigenvalue weighted by atomic mass is 19.1. The molecule has 35 heavy (non-hydrogen) atoms. The predicted octanol–water partition coefficient (Wildman–Crippen LogP) is 3.56. The van der Waals surface area contributed by atoms with Crippen molar-refractivity contribution in [3.63, 3.8) is 0 Å². The van der Waals surface area contributed by atoms with Crippen molar-refractivity contribution < 1.29 is 18.7 Å². The van der Waals surface area contributed by atoms with Gasteiger partial charge in [0.15, 0.2) is 0 Å². The predicted molar refractivity (Wildman–Crippen MR) is 132 cm³/mol. The number of nitrogens with two attached hydrogens (primary N) is 2. The lowest BCUT2D eigenvalue weighted by molar-refractivity contribution is -0.121. The Morgan fingerprint density at radius 2 is 1.86 bits per heavy atom. The molecular formula is C27H35FN4O3. The van der Waals surface area contributed by atoms with Crippen LogP contribution in [0.25, 0.3) is 0 Å². The van der Waals surface area contributed by atoms with Gasteiger partial charge in [-0.05, 0) is 30.9 Å². The summed E-state index contributed by atoms with van der Waals surface area (Å²) in [5.41, 5.74) is 12.2. The van der Waals surface area contributed by atoms with Crippen LogP contribution in [0.15, 0.2) is 48.5 Å². The second-order valence-corrected chi connectivity index (χ2v) is 9.61. The van der Waals surface area contributed by atoms with Gasteiger partial charge in [0.05, 0.1) is 17.7 Å². The van der Waals surface area contributed by atoms with Crippen molar-refractivity contribution >= 4 is 11.9 Å². The number of hydrogen-bond donors (Lipinski definition) is 3. The van der Waals surface area contributed by atoms with Crippen molar-refractivity contribution in [2.24, 2.45) is 17.4 Å². The van der Waals surface area contributed by atoms with Gasteiger partial charge in [0.2, 0.25) is 5.91 Å². The molecule has 2 fully saturated rings. The summed E-state index contributed by atoms with van der Waals surface area (Å²) in [5, 5.41) is 3.61. The van der Waals surface area contributed by atoms with Crippen molar-refractivity contribution in [2.75, 3.05) is 13.7 Å². The molecule has 0 bridgehead atoms. The van der Waals surface area contributed by atoms with Gasteiger partial charge in [0.25, 0.3) is 0 Å². The number of methoxy groups -OCH3 is 1. The van der Waals surface area contributed by atoms with E-state index in [0.29, 0.717) is 18.0 Å². The maximum atomic E-state index is 16.7. The first-order valence-electron chi connectivity index (χ1n) is 12.3. The number of urea groups is 1. The van der Waals surface area contributed by atoms with Gasteiger partial charge in [0, 0.05) is 24.7 Å². The fourth-order valence-corrected chi connectivity index (χ4v) is 5.63. The Bertz CT molecular complexity index is 1060. The quantitative estimate of drug-likeness (QED) is 0.481. The van der Waals surface area contributed by atoms with E-state index in [1.54, 1.807) is 18.2 Å². The number of benzene rings is 2. The molecule has 2 aromatic rings. The van der Waals surface area contributed by atoms with Crippen LogP contribution < -0.4 is 16.8 Å². The van der Waals surface area contributed by atoms with Crippen LogP contribution in [0.3, 0.4) is 0 Å². The number of likely N-dealkylation sites (tertiary alicyclic amines) is 1. The molecular weight excluding hydrogens is 447 g/mol. The van der Waals surface area contributed by atoms with Gasteiger partial charge in [0.1, 0.15) is 11.9 Å². The van der Waals surface area contributed by atoms with Crippen LogP contribution in [0.2, 0.25) is 0 Å². The lowest BCUT2D eigenvalue weighted by Crippen LogP contribution is -2.48. The van der Waals surface area contributed by atoms with Crippen LogP contribution in [0.5, 0.6) is 0 Å². The Labute approximate surface area is 206 Å². The number of primary amides is 2. The molecule has 0 radical (unpaired) electrons. The fraction of sp³-hybridized carbons (Fsp3) is 0.481. The van der Waals surface area contributed by atoms with Crippen molar-refractivity contribution in [1.82, 2.24) is 10.2 Å². The summed E-state index contributed by atoms with van der Waals surface area (Å²) >= 11 is 0. The number of carbonyl (C=O) groups excluding carboxylic acids is 2. The third-order valence-electron chi connectivity index (χ3n) is 7.51. The molecule has 1 aliphatic heterocycles. The van der Waals surface area contributed by atoms with Crippen LogP contribution in [-0.4, -0.2) is 42.6 Å². The van der Waals surface area contributed by atoms with E-state index in [2.05, 4.69) is 5.32 Å². The van der Waals surface area contributed by atoms with Crippen LogP contribution >= 0.6 is 0 Å².